The quantitative estimate of drug-likeness (QED) is 0.566. The van der Waals surface area contributed by atoms with Crippen molar-refractivity contribution in [2.45, 2.75) is 6.42 Å². The molecule has 0 saturated carbocycles. The average Bonchev–Trinajstić information content (AvgIpc) is 1.88. The van der Waals surface area contributed by atoms with Crippen LogP contribution < -0.4 is 0 Å². The molecule has 0 heterocycles. The fourth-order valence-corrected chi connectivity index (χ4v) is 0.829. The Bertz CT molecular complexity index is 149. The summed E-state index contributed by atoms with van der Waals surface area (Å²) in [5.41, 5.74) is 0. The molecule has 9 heavy (non-hydrogen) atoms. The lowest BCUT2D eigenvalue weighted by Gasteiger charge is -2.09. The SMILES string of the molecule is OCC1C=CC=C(F)C1. The molecule has 1 aliphatic rings. The normalized spacial score (nSPS) is 26.0. The molecule has 1 aliphatic carbocycles. The van der Waals surface area contributed by atoms with Crippen LogP contribution in [0.1, 0.15) is 6.42 Å². The van der Waals surface area contributed by atoms with E-state index in [4.69, 9.17) is 5.11 Å². The Kier molecular flexibility index (Phi) is 2.01. The van der Waals surface area contributed by atoms with Gasteiger partial charge in [0.15, 0.2) is 0 Å². The molecule has 1 N–H and O–H groups in total. The molecule has 0 aromatic rings. The first kappa shape index (κ1) is 6.49. The Morgan fingerprint density at radius 3 is 3.00 bits per heavy atom. The van der Waals surface area contributed by atoms with E-state index in [1.165, 1.54) is 6.08 Å². The monoisotopic (exact) mass is 128 g/mol. The second-order valence-electron chi connectivity index (χ2n) is 2.15. The van der Waals surface area contributed by atoms with E-state index in [9.17, 15) is 4.39 Å². The summed E-state index contributed by atoms with van der Waals surface area (Å²) in [5, 5.41) is 8.56. The number of rotatable bonds is 1. The van der Waals surface area contributed by atoms with E-state index in [1.54, 1.807) is 6.08 Å². The van der Waals surface area contributed by atoms with Crippen molar-refractivity contribution in [1.82, 2.24) is 0 Å². The van der Waals surface area contributed by atoms with Crippen LogP contribution in [0.15, 0.2) is 24.1 Å². The van der Waals surface area contributed by atoms with Crippen LogP contribution in [0.2, 0.25) is 0 Å². The van der Waals surface area contributed by atoms with Crippen LogP contribution in [-0.2, 0) is 0 Å². The van der Waals surface area contributed by atoms with Gasteiger partial charge >= 0.3 is 0 Å². The molecule has 1 atom stereocenters. The lowest BCUT2D eigenvalue weighted by atomic mass is 10.0. The Labute approximate surface area is 53.5 Å². The number of hydrogen-bond donors (Lipinski definition) is 1. The summed E-state index contributed by atoms with van der Waals surface area (Å²) < 4.78 is 12.3. The summed E-state index contributed by atoms with van der Waals surface area (Å²) in [5.74, 6) is -0.147. The molecule has 50 valence electrons. The third kappa shape index (κ3) is 1.64. The fourth-order valence-electron chi connectivity index (χ4n) is 0.829. The Hall–Kier alpha value is -0.630. The van der Waals surface area contributed by atoms with Gasteiger partial charge in [-0.15, -0.1) is 0 Å². The summed E-state index contributed by atoms with van der Waals surface area (Å²) in [6.07, 6.45) is 5.22. The van der Waals surface area contributed by atoms with Gasteiger partial charge in [0.2, 0.25) is 0 Å². The van der Waals surface area contributed by atoms with Gasteiger partial charge in [0.1, 0.15) is 5.83 Å². The largest absolute Gasteiger partial charge is 0.396 e. The number of allylic oxidation sites excluding steroid dienone is 3. The molecule has 0 aromatic carbocycles. The van der Waals surface area contributed by atoms with Crippen LogP contribution >= 0.6 is 0 Å². The standard InChI is InChI=1S/C7H9FO/c8-7-3-1-2-6(4-7)5-9/h1-3,6,9H,4-5H2. The van der Waals surface area contributed by atoms with Gasteiger partial charge in [0.25, 0.3) is 0 Å². The average molecular weight is 128 g/mol. The molecule has 0 radical (unpaired) electrons. The number of aliphatic hydroxyl groups excluding tert-OH is 1. The molecule has 0 fully saturated rings. The van der Waals surface area contributed by atoms with E-state index >= 15 is 0 Å². The smallest absolute Gasteiger partial charge is 0.101 e. The molecule has 0 aromatic heterocycles. The predicted octanol–water partition coefficient (Wildman–Crippen LogP) is 1.41. The first-order valence-electron chi connectivity index (χ1n) is 2.96. The van der Waals surface area contributed by atoms with Crippen molar-refractivity contribution < 1.29 is 9.50 Å². The molecule has 0 saturated heterocycles. The van der Waals surface area contributed by atoms with Gasteiger partial charge in [-0.05, 0) is 6.08 Å². The Balaban J connectivity index is 2.51. The van der Waals surface area contributed by atoms with Crippen LogP contribution in [0.25, 0.3) is 0 Å². The fraction of sp³-hybridized carbons (Fsp3) is 0.429. The maximum atomic E-state index is 12.3. The van der Waals surface area contributed by atoms with E-state index in [-0.39, 0.29) is 18.4 Å². The van der Waals surface area contributed by atoms with E-state index < -0.39 is 0 Å². The highest BCUT2D eigenvalue weighted by molar-refractivity contribution is 5.14. The Morgan fingerprint density at radius 1 is 1.78 bits per heavy atom. The molecular weight excluding hydrogens is 119 g/mol. The molecule has 1 nitrogen and oxygen atoms in total. The highest BCUT2D eigenvalue weighted by Gasteiger charge is 2.08. The third-order valence-electron chi connectivity index (χ3n) is 1.35. The minimum Gasteiger partial charge on any atom is -0.396 e. The lowest BCUT2D eigenvalue weighted by molar-refractivity contribution is 0.245. The third-order valence-corrected chi connectivity index (χ3v) is 1.35. The second-order valence-corrected chi connectivity index (χ2v) is 2.15. The van der Waals surface area contributed by atoms with Crippen LogP contribution in [0.3, 0.4) is 0 Å². The van der Waals surface area contributed by atoms with Crippen molar-refractivity contribution in [3.05, 3.63) is 24.1 Å². The summed E-state index contributed by atoms with van der Waals surface area (Å²) in [7, 11) is 0. The molecule has 2 heteroatoms. The lowest BCUT2D eigenvalue weighted by Crippen LogP contribution is -2.04. The van der Waals surface area contributed by atoms with Crippen LogP contribution in [0.4, 0.5) is 4.39 Å². The minimum atomic E-state index is -0.142. The topological polar surface area (TPSA) is 20.2 Å². The van der Waals surface area contributed by atoms with E-state index in [0.29, 0.717) is 6.42 Å². The highest BCUT2D eigenvalue weighted by atomic mass is 19.1. The first-order chi connectivity index (χ1) is 4.33. The van der Waals surface area contributed by atoms with Gasteiger partial charge < -0.3 is 5.11 Å². The van der Waals surface area contributed by atoms with Crippen molar-refractivity contribution in [2.24, 2.45) is 5.92 Å². The molecule has 0 bridgehead atoms. The van der Waals surface area contributed by atoms with Crippen molar-refractivity contribution in [2.75, 3.05) is 6.61 Å². The minimum absolute atomic E-state index is 0.00463. The van der Waals surface area contributed by atoms with Crippen LogP contribution in [0, 0.1) is 5.92 Å². The van der Waals surface area contributed by atoms with Crippen LogP contribution in [0.5, 0.6) is 0 Å². The van der Waals surface area contributed by atoms with Crippen molar-refractivity contribution >= 4 is 0 Å². The highest BCUT2D eigenvalue weighted by Crippen LogP contribution is 2.18. The van der Waals surface area contributed by atoms with Crippen molar-refractivity contribution in [3.8, 4) is 0 Å². The zero-order valence-electron chi connectivity index (χ0n) is 5.05. The van der Waals surface area contributed by atoms with E-state index in [2.05, 4.69) is 0 Å². The van der Waals surface area contributed by atoms with E-state index in [0.717, 1.165) is 0 Å². The maximum Gasteiger partial charge on any atom is 0.101 e. The Morgan fingerprint density at radius 2 is 2.56 bits per heavy atom. The summed E-state index contributed by atoms with van der Waals surface area (Å²) >= 11 is 0. The molecule has 0 spiro atoms. The van der Waals surface area contributed by atoms with E-state index in [1.807, 2.05) is 6.08 Å². The zero-order chi connectivity index (χ0) is 6.69. The molecular formula is C7H9FO. The molecule has 1 unspecified atom stereocenters. The van der Waals surface area contributed by atoms with Gasteiger partial charge in [-0.25, -0.2) is 4.39 Å². The number of aliphatic hydroxyl groups is 1. The predicted molar refractivity (Wildman–Crippen MR) is 33.5 cm³/mol. The summed E-state index contributed by atoms with van der Waals surface area (Å²) in [6, 6.07) is 0. The van der Waals surface area contributed by atoms with Crippen molar-refractivity contribution in [1.29, 1.82) is 0 Å². The summed E-state index contributed by atoms with van der Waals surface area (Å²) in [4.78, 5) is 0. The zero-order valence-corrected chi connectivity index (χ0v) is 5.05. The molecule has 0 aliphatic heterocycles. The molecule has 1 rings (SSSR count). The van der Waals surface area contributed by atoms with Gasteiger partial charge in [-0.3, -0.25) is 0 Å². The summed E-state index contributed by atoms with van der Waals surface area (Å²) in [6.45, 7) is 0.0394. The van der Waals surface area contributed by atoms with Gasteiger partial charge in [0.05, 0.1) is 0 Å². The van der Waals surface area contributed by atoms with Gasteiger partial charge in [-0.2, -0.15) is 0 Å². The van der Waals surface area contributed by atoms with Crippen molar-refractivity contribution in [3.63, 3.8) is 0 Å². The first-order valence-corrected chi connectivity index (χ1v) is 2.96. The second kappa shape index (κ2) is 2.78. The van der Waals surface area contributed by atoms with Gasteiger partial charge in [-0.1, -0.05) is 12.2 Å². The molecule has 0 amide bonds. The van der Waals surface area contributed by atoms with Gasteiger partial charge in [0, 0.05) is 18.9 Å². The number of hydrogen-bond acceptors (Lipinski definition) is 1. The van der Waals surface area contributed by atoms with Crippen LogP contribution in [-0.4, -0.2) is 11.7 Å². The number of halogens is 1. The maximum absolute atomic E-state index is 12.3.